The highest BCUT2D eigenvalue weighted by Crippen LogP contribution is 2.31. The third-order valence-electron chi connectivity index (χ3n) is 5.61. The third kappa shape index (κ3) is 5.52. The Morgan fingerprint density at radius 2 is 1.85 bits per heavy atom. The summed E-state index contributed by atoms with van der Waals surface area (Å²) in [5, 5.41) is 3.05. The summed E-state index contributed by atoms with van der Waals surface area (Å²) in [5.74, 6) is 2.96. The van der Waals surface area contributed by atoms with Crippen LogP contribution in [0.15, 0.2) is 60.9 Å². The van der Waals surface area contributed by atoms with E-state index in [1.54, 1.807) is 26.6 Å². The Kier molecular flexibility index (Phi) is 7.24. The number of carbonyl (C=O) groups is 1. The Labute approximate surface area is 193 Å². The Hall–Kier alpha value is -3.81. The number of aromatic nitrogens is 2. The quantitative estimate of drug-likeness (QED) is 0.561. The molecule has 0 aliphatic carbocycles. The minimum atomic E-state index is -0.148. The number of benzene rings is 2. The molecule has 1 saturated heterocycles. The SMILES string of the molecule is COc1ccc(CNC(=O)C2CCCN(c3nccnc3Oc3ccccc3)C2)cc1OC. The molecular weight excluding hydrogens is 420 g/mol. The molecule has 0 saturated carbocycles. The minimum Gasteiger partial charge on any atom is -0.493 e. The van der Waals surface area contributed by atoms with Gasteiger partial charge in [-0.2, -0.15) is 0 Å². The van der Waals surface area contributed by atoms with Crippen LogP contribution in [-0.4, -0.2) is 43.2 Å². The molecule has 1 amide bonds. The second-order valence-corrected chi connectivity index (χ2v) is 7.79. The highest BCUT2D eigenvalue weighted by atomic mass is 16.5. The van der Waals surface area contributed by atoms with Crippen molar-refractivity contribution in [3.8, 4) is 23.1 Å². The fourth-order valence-electron chi connectivity index (χ4n) is 3.91. The maximum atomic E-state index is 12.9. The number of ether oxygens (including phenoxy) is 3. The van der Waals surface area contributed by atoms with E-state index in [9.17, 15) is 4.79 Å². The smallest absolute Gasteiger partial charge is 0.263 e. The number of hydrogen-bond donors (Lipinski definition) is 1. The summed E-state index contributed by atoms with van der Waals surface area (Å²) >= 11 is 0. The number of amides is 1. The maximum absolute atomic E-state index is 12.9. The molecule has 3 aromatic rings. The molecular formula is C25H28N4O4. The second kappa shape index (κ2) is 10.7. The van der Waals surface area contributed by atoms with E-state index in [1.807, 2.05) is 48.5 Å². The molecule has 0 bridgehead atoms. The first kappa shape index (κ1) is 22.4. The number of hydrogen-bond acceptors (Lipinski definition) is 7. The van der Waals surface area contributed by atoms with Gasteiger partial charge in [0, 0.05) is 32.0 Å². The zero-order valence-electron chi connectivity index (χ0n) is 18.9. The monoisotopic (exact) mass is 448 g/mol. The van der Waals surface area contributed by atoms with E-state index >= 15 is 0 Å². The molecule has 1 atom stereocenters. The molecule has 1 fully saturated rings. The van der Waals surface area contributed by atoms with Gasteiger partial charge in [0.1, 0.15) is 5.75 Å². The fourth-order valence-corrected chi connectivity index (χ4v) is 3.91. The highest BCUT2D eigenvalue weighted by molar-refractivity contribution is 5.79. The molecule has 33 heavy (non-hydrogen) atoms. The molecule has 8 nitrogen and oxygen atoms in total. The van der Waals surface area contributed by atoms with E-state index in [0.717, 1.165) is 24.9 Å². The van der Waals surface area contributed by atoms with Crippen LogP contribution in [0.2, 0.25) is 0 Å². The van der Waals surface area contributed by atoms with Gasteiger partial charge in [-0.3, -0.25) is 4.79 Å². The Morgan fingerprint density at radius 1 is 1.06 bits per heavy atom. The van der Waals surface area contributed by atoms with Gasteiger partial charge in [-0.25, -0.2) is 9.97 Å². The molecule has 1 N–H and O–H groups in total. The molecule has 1 aromatic heterocycles. The van der Waals surface area contributed by atoms with E-state index < -0.39 is 0 Å². The number of nitrogens with one attached hydrogen (secondary N) is 1. The van der Waals surface area contributed by atoms with Gasteiger partial charge in [0.2, 0.25) is 5.91 Å². The van der Waals surface area contributed by atoms with Crippen molar-refractivity contribution < 1.29 is 19.0 Å². The van der Waals surface area contributed by atoms with Crippen LogP contribution in [0.5, 0.6) is 23.1 Å². The minimum absolute atomic E-state index is 0.0175. The van der Waals surface area contributed by atoms with Crippen LogP contribution in [0, 0.1) is 5.92 Å². The third-order valence-corrected chi connectivity index (χ3v) is 5.61. The second-order valence-electron chi connectivity index (χ2n) is 7.79. The summed E-state index contributed by atoms with van der Waals surface area (Å²) in [6, 6.07) is 15.1. The Bertz CT molecular complexity index is 1080. The summed E-state index contributed by atoms with van der Waals surface area (Å²) in [7, 11) is 3.20. The van der Waals surface area contributed by atoms with E-state index in [1.165, 1.54) is 0 Å². The lowest BCUT2D eigenvalue weighted by atomic mass is 9.97. The summed E-state index contributed by atoms with van der Waals surface area (Å²) in [6.45, 7) is 1.77. The first-order chi connectivity index (χ1) is 16.2. The van der Waals surface area contributed by atoms with Crippen LogP contribution in [0.25, 0.3) is 0 Å². The van der Waals surface area contributed by atoms with Gasteiger partial charge in [0.05, 0.1) is 20.1 Å². The molecule has 8 heteroatoms. The van der Waals surface area contributed by atoms with Crippen molar-refractivity contribution in [3.63, 3.8) is 0 Å². The zero-order chi connectivity index (χ0) is 23.0. The molecule has 1 unspecified atom stereocenters. The summed E-state index contributed by atoms with van der Waals surface area (Å²) in [4.78, 5) is 23.9. The number of para-hydroxylation sites is 1. The molecule has 2 aromatic carbocycles. The number of carbonyl (C=O) groups excluding carboxylic acids is 1. The molecule has 4 rings (SSSR count). The Balaban J connectivity index is 1.40. The lowest BCUT2D eigenvalue weighted by Gasteiger charge is -2.33. The Morgan fingerprint density at radius 3 is 2.64 bits per heavy atom. The van der Waals surface area contributed by atoms with E-state index in [-0.39, 0.29) is 11.8 Å². The van der Waals surface area contributed by atoms with Crippen LogP contribution in [-0.2, 0) is 11.3 Å². The lowest BCUT2D eigenvalue weighted by Crippen LogP contribution is -2.43. The summed E-state index contributed by atoms with van der Waals surface area (Å²) in [5.41, 5.74) is 0.945. The van der Waals surface area contributed by atoms with E-state index in [0.29, 0.717) is 42.0 Å². The number of rotatable bonds is 8. The van der Waals surface area contributed by atoms with Gasteiger partial charge in [0.25, 0.3) is 5.88 Å². The van der Waals surface area contributed by atoms with Crippen molar-refractivity contribution in [2.24, 2.45) is 5.92 Å². The zero-order valence-corrected chi connectivity index (χ0v) is 18.9. The normalized spacial score (nSPS) is 15.6. The fraction of sp³-hybridized carbons (Fsp3) is 0.320. The van der Waals surface area contributed by atoms with Crippen molar-refractivity contribution in [2.45, 2.75) is 19.4 Å². The molecule has 2 heterocycles. The number of nitrogens with zero attached hydrogens (tertiary/aromatic N) is 3. The van der Waals surface area contributed by atoms with E-state index in [2.05, 4.69) is 20.2 Å². The maximum Gasteiger partial charge on any atom is 0.263 e. The summed E-state index contributed by atoms with van der Waals surface area (Å²) < 4.78 is 16.6. The molecule has 172 valence electrons. The van der Waals surface area contributed by atoms with Crippen LogP contribution in [0.1, 0.15) is 18.4 Å². The largest absolute Gasteiger partial charge is 0.493 e. The van der Waals surface area contributed by atoms with Gasteiger partial charge in [-0.15, -0.1) is 0 Å². The molecule has 0 radical (unpaired) electrons. The van der Waals surface area contributed by atoms with Crippen molar-refractivity contribution in [3.05, 3.63) is 66.5 Å². The molecule has 1 aliphatic heterocycles. The van der Waals surface area contributed by atoms with Gasteiger partial charge in [0.15, 0.2) is 17.3 Å². The van der Waals surface area contributed by atoms with Crippen LogP contribution < -0.4 is 24.4 Å². The van der Waals surface area contributed by atoms with Gasteiger partial charge >= 0.3 is 0 Å². The van der Waals surface area contributed by atoms with Crippen LogP contribution >= 0.6 is 0 Å². The average Bonchev–Trinajstić information content (AvgIpc) is 2.88. The molecule has 0 spiro atoms. The number of methoxy groups -OCH3 is 2. The number of anilines is 1. The van der Waals surface area contributed by atoms with Crippen molar-refractivity contribution in [1.29, 1.82) is 0 Å². The van der Waals surface area contributed by atoms with Crippen LogP contribution in [0.4, 0.5) is 5.82 Å². The topological polar surface area (TPSA) is 85.8 Å². The number of piperidine rings is 1. The summed E-state index contributed by atoms with van der Waals surface area (Å²) in [6.07, 6.45) is 4.96. The van der Waals surface area contributed by atoms with Crippen molar-refractivity contribution in [2.75, 3.05) is 32.2 Å². The highest BCUT2D eigenvalue weighted by Gasteiger charge is 2.28. The van der Waals surface area contributed by atoms with Gasteiger partial charge in [-0.05, 0) is 42.7 Å². The predicted octanol–water partition coefficient (Wildman–Crippen LogP) is 3.82. The first-order valence-electron chi connectivity index (χ1n) is 11.0. The van der Waals surface area contributed by atoms with Gasteiger partial charge in [-0.1, -0.05) is 24.3 Å². The first-order valence-corrected chi connectivity index (χ1v) is 11.0. The standard InChI is InChI=1S/C25H28N4O4/c1-31-21-11-10-18(15-22(21)32-2)16-28-24(30)19-7-6-14-29(17-19)23-25(27-13-12-26-23)33-20-8-4-3-5-9-20/h3-5,8-13,15,19H,6-7,14,16-17H2,1-2H3,(H,28,30). The van der Waals surface area contributed by atoms with Crippen molar-refractivity contribution in [1.82, 2.24) is 15.3 Å². The van der Waals surface area contributed by atoms with Crippen LogP contribution in [0.3, 0.4) is 0 Å². The van der Waals surface area contributed by atoms with E-state index in [4.69, 9.17) is 14.2 Å². The average molecular weight is 449 g/mol. The predicted molar refractivity (Wildman–Crippen MR) is 125 cm³/mol. The van der Waals surface area contributed by atoms with Gasteiger partial charge < -0.3 is 24.4 Å². The van der Waals surface area contributed by atoms with Crippen molar-refractivity contribution >= 4 is 11.7 Å². The lowest BCUT2D eigenvalue weighted by molar-refractivity contribution is -0.125. The molecule has 1 aliphatic rings.